The van der Waals surface area contributed by atoms with Crippen LogP contribution in [0.5, 0.6) is 11.5 Å². The molecule has 7 heteroatoms. The molecule has 41 heavy (non-hydrogen) atoms. The minimum atomic E-state index is -0.630. The molecule has 3 aromatic carbocycles. The van der Waals surface area contributed by atoms with Gasteiger partial charge in [0.25, 0.3) is 0 Å². The van der Waals surface area contributed by atoms with Gasteiger partial charge >= 0.3 is 17.9 Å². The van der Waals surface area contributed by atoms with Gasteiger partial charge in [-0.25, -0.2) is 14.4 Å². The van der Waals surface area contributed by atoms with Gasteiger partial charge in [0.05, 0.1) is 17.2 Å². The van der Waals surface area contributed by atoms with Gasteiger partial charge in [0.15, 0.2) is 6.10 Å². The third-order valence-electron chi connectivity index (χ3n) is 6.50. The molecule has 0 aliphatic rings. The molecule has 0 bridgehead atoms. The van der Waals surface area contributed by atoms with Crippen LogP contribution in [0.3, 0.4) is 0 Å². The van der Waals surface area contributed by atoms with Crippen LogP contribution < -0.4 is 9.47 Å². The molecule has 3 aromatic rings. The number of hydrogen-bond donors (Lipinski definition) is 0. The monoisotopic (exact) mass is 560 g/mol. The van der Waals surface area contributed by atoms with Crippen molar-refractivity contribution in [1.82, 2.24) is 0 Å². The molecule has 0 aromatic heterocycles. The molecule has 2 unspecified atom stereocenters. The Kier molecular flexibility index (Phi) is 12.6. The number of hydrogen-bond acceptors (Lipinski definition) is 7. The first-order valence-electron chi connectivity index (χ1n) is 14.4. The SMILES string of the molecule is CCCCCCC(C)OC(=O)c1ccc(OC(=O)c2ccc(-c3ccc(OC(=O)C(C)OCCC)cc3)cc2)cc1. The topological polar surface area (TPSA) is 88.1 Å². The molecule has 0 aliphatic heterocycles. The largest absolute Gasteiger partial charge is 0.459 e. The second kappa shape index (κ2) is 16.3. The molecular weight excluding hydrogens is 520 g/mol. The summed E-state index contributed by atoms with van der Waals surface area (Å²) in [6, 6.07) is 20.5. The number of carbonyl (C=O) groups is 3. The summed E-state index contributed by atoms with van der Waals surface area (Å²) in [5.74, 6) is -0.561. The van der Waals surface area contributed by atoms with Gasteiger partial charge in [-0.2, -0.15) is 0 Å². The number of unbranched alkanes of at least 4 members (excludes halogenated alkanes) is 3. The molecule has 2 atom stereocenters. The lowest BCUT2D eigenvalue weighted by atomic mass is 10.0. The zero-order chi connectivity index (χ0) is 29.6. The Labute approximate surface area is 242 Å². The van der Waals surface area contributed by atoms with Gasteiger partial charge in [-0.05, 0) is 92.8 Å². The highest BCUT2D eigenvalue weighted by atomic mass is 16.6. The molecule has 0 N–H and O–H groups in total. The first-order valence-corrected chi connectivity index (χ1v) is 14.4. The fraction of sp³-hybridized carbons (Fsp3) is 0.382. The molecule has 0 spiro atoms. The summed E-state index contributed by atoms with van der Waals surface area (Å²) in [7, 11) is 0. The van der Waals surface area contributed by atoms with E-state index < -0.39 is 18.0 Å². The summed E-state index contributed by atoms with van der Waals surface area (Å²) >= 11 is 0. The van der Waals surface area contributed by atoms with Crippen LogP contribution in [0, 0.1) is 0 Å². The normalized spacial score (nSPS) is 12.3. The minimum Gasteiger partial charge on any atom is -0.459 e. The van der Waals surface area contributed by atoms with Crippen molar-refractivity contribution >= 4 is 17.9 Å². The predicted molar refractivity (Wildman–Crippen MR) is 158 cm³/mol. The third kappa shape index (κ3) is 10.2. The highest BCUT2D eigenvalue weighted by molar-refractivity contribution is 5.92. The number of benzene rings is 3. The van der Waals surface area contributed by atoms with E-state index in [4.69, 9.17) is 18.9 Å². The zero-order valence-corrected chi connectivity index (χ0v) is 24.4. The van der Waals surface area contributed by atoms with Crippen LogP contribution in [-0.2, 0) is 14.3 Å². The van der Waals surface area contributed by atoms with E-state index in [0.29, 0.717) is 29.2 Å². The first kappa shape index (κ1) is 31.6. The predicted octanol–water partition coefficient (Wildman–Crippen LogP) is 7.81. The molecule has 218 valence electrons. The van der Waals surface area contributed by atoms with Crippen LogP contribution in [-0.4, -0.2) is 36.7 Å². The van der Waals surface area contributed by atoms with E-state index in [1.165, 1.54) is 12.8 Å². The smallest absolute Gasteiger partial charge is 0.343 e. The standard InChI is InChI=1S/C34H40O7/c1-5-7-8-9-10-24(3)39-33(36)29-17-21-31(22-18-29)41-34(37)28-13-11-26(12-14-28)27-15-19-30(20-16-27)40-32(35)25(4)38-23-6-2/h11-22,24-25H,5-10,23H2,1-4H3. The van der Waals surface area contributed by atoms with Gasteiger partial charge in [0.2, 0.25) is 0 Å². The van der Waals surface area contributed by atoms with Crippen LogP contribution in [0.2, 0.25) is 0 Å². The Balaban J connectivity index is 1.51. The Morgan fingerprint density at radius 1 is 0.634 bits per heavy atom. The third-order valence-corrected chi connectivity index (χ3v) is 6.50. The van der Waals surface area contributed by atoms with E-state index in [-0.39, 0.29) is 12.1 Å². The lowest BCUT2D eigenvalue weighted by molar-refractivity contribution is -0.146. The Hall–Kier alpha value is -3.97. The highest BCUT2D eigenvalue weighted by Gasteiger charge is 2.16. The van der Waals surface area contributed by atoms with Gasteiger partial charge < -0.3 is 18.9 Å². The Morgan fingerprint density at radius 3 is 1.78 bits per heavy atom. The number of rotatable bonds is 15. The Morgan fingerprint density at radius 2 is 1.17 bits per heavy atom. The molecule has 0 fully saturated rings. The molecule has 0 radical (unpaired) electrons. The van der Waals surface area contributed by atoms with E-state index in [9.17, 15) is 14.4 Å². The first-order chi connectivity index (χ1) is 19.8. The van der Waals surface area contributed by atoms with Crippen LogP contribution in [0.4, 0.5) is 0 Å². The average Bonchev–Trinajstić information content (AvgIpc) is 2.98. The van der Waals surface area contributed by atoms with Gasteiger partial charge in [-0.1, -0.05) is 57.4 Å². The van der Waals surface area contributed by atoms with Crippen LogP contribution in [0.25, 0.3) is 11.1 Å². The van der Waals surface area contributed by atoms with E-state index in [1.54, 1.807) is 55.5 Å². The maximum absolute atomic E-state index is 12.7. The number of ether oxygens (including phenoxy) is 4. The maximum atomic E-state index is 12.7. The lowest BCUT2D eigenvalue weighted by Gasteiger charge is -2.13. The van der Waals surface area contributed by atoms with E-state index in [0.717, 1.165) is 36.8 Å². The second-order valence-electron chi connectivity index (χ2n) is 10.0. The molecule has 0 aliphatic carbocycles. The minimum absolute atomic E-state index is 0.144. The van der Waals surface area contributed by atoms with Gasteiger partial charge in [-0.15, -0.1) is 0 Å². The number of carbonyl (C=O) groups excluding carboxylic acids is 3. The van der Waals surface area contributed by atoms with E-state index >= 15 is 0 Å². The summed E-state index contributed by atoms with van der Waals surface area (Å²) in [5.41, 5.74) is 2.59. The average molecular weight is 561 g/mol. The van der Waals surface area contributed by atoms with Crippen LogP contribution in [0.15, 0.2) is 72.8 Å². The maximum Gasteiger partial charge on any atom is 0.343 e. The summed E-state index contributed by atoms with van der Waals surface area (Å²) < 4.78 is 21.8. The van der Waals surface area contributed by atoms with Gasteiger partial charge in [0, 0.05) is 6.61 Å². The molecule has 3 rings (SSSR count). The fourth-order valence-corrected chi connectivity index (χ4v) is 4.07. The van der Waals surface area contributed by atoms with Crippen molar-refractivity contribution in [2.45, 2.75) is 78.4 Å². The lowest BCUT2D eigenvalue weighted by Crippen LogP contribution is -2.26. The molecule has 0 saturated carbocycles. The fourth-order valence-electron chi connectivity index (χ4n) is 4.07. The van der Waals surface area contributed by atoms with Crippen molar-refractivity contribution in [2.24, 2.45) is 0 Å². The van der Waals surface area contributed by atoms with E-state index in [2.05, 4.69) is 6.92 Å². The van der Waals surface area contributed by atoms with Crippen molar-refractivity contribution < 1.29 is 33.3 Å². The molecule has 0 saturated heterocycles. The van der Waals surface area contributed by atoms with E-state index in [1.807, 2.05) is 38.1 Å². The zero-order valence-electron chi connectivity index (χ0n) is 24.4. The molecule has 0 heterocycles. The summed E-state index contributed by atoms with van der Waals surface area (Å²) in [4.78, 5) is 37.2. The summed E-state index contributed by atoms with van der Waals surface area (Å²) in [6.07, 6.45) is 5.43. The molecule has 7 nitrogen and oxygen atoms in total. The summed E-state index contributed by atoms with van der Waals surface area (Å²) in [6.45, 7) is 8.21. The summed E-state index contributed by atoms with van der Waals surface area (Å²) in [5, 5.41) is 0. The van der Waals surface area contributed by atoms with Crippen molar-refractivity contribution in [3.8, 4) is 22.6 Å². The highest BCUT2D eigenvalue weighted by Crippen LogP contribution is 2.24. The number of esters is 3. The van der Waals surface area contributed by atoms with Crippen molar-refractivity contribution in [2.75, 3.05) is 6.61 Å². The van der Waals surface area contributed by atoms with Crippen molar-refractivity contribution in [3.63, 3.8) is 0 Å². The van der Waals surface area contributed by atoms with Gasteiger partial charge in [0.1, 0.15) is 11.5 Å². The molecule has 0 amide bonds. The van der Waals surface area contributed by atoms with Crippen LogP contribution in [0.1, 0.15) is 86.9 Å². The molecular formula is C34H40O7. The van der Waals surface area contributed by atoms with Crippen LogP contribution >= 0.6 is 0 Å². The second-order valence-corrected chi connectivity index (χ2v) is 10.0. The Bertz CT molecular complexity index is 1250. The van der Waals surface area contributed by atoms with Gasteiger partial charge in [-0.3, -0.25) is 0 Å². The quantitative estimate of drug-likeness (QED) is 0.106. The van der Waals surface area contributed by atoms with Crippen molar-refractivity contribution in [1.29, 1.82) is 0 Å². The van der Waals surface area contributed by atoms with Crippen molar-refractivity contribution in [3.05, 3.63) is 83.9 Å².